The van der Waals surface area contributed by atoms with Crippen LogP contribution in [0.5, 0.6) is 0 Å². The molecule has 0 unspecified atom stereocenters. The highest BCUT2D eigenvalue weighted by Gasteiger charge is 2.05. The van der Waals surface area contributed by atoms with E-state index in [0.29, 0.717) is 13.0 Å². The first kappa shape index (κ1) is 16.2. The standard InChI is InChI=1S/C16H21NO3/c1-3-10-20-12-16(19)17-15-8-7-14(11-13(15)2)6-4-5-9-18/h7-8,11,18H,3,5,9-10,12H2,1-2H3,(H,17,19). The second kappa shape index (κ2) is 9.13. The van der Waals surface area contributed by atoms with Crippen LogP contribution >= 0.6 is 0 Å². The van der Waals surface area contributed by atoms with Crippen LogP contribution in [0.1, 0.15) is 30.9 Å². The molecule has 0 atom stereocenters. The number of nitrogens with one attached hydrogen (secondary N) is 1. The maximum absolute atomic E-state index is 11.6. The van der Waals surface area contributed by atoms with Gasteiger partial charge in [-0.1, -0.05) is 18.8 Å². The number of carbonyl (C=O) groups is 1. The van der Waals surface area contributed by atoms with Crippen LogP contribution in [-0.4, -0.2) is 30.8 Å². The Balaban J connectivity index is 2.60. The molecule has 0 bridgehead atoms. The predicted octanol–water partition coefficient (Wildman–Crippen LogP) is 2.09. The highest BCUT2D eigenvalue weighted by atomic mass is 16.5. The maximum Gasteiger partial charge on any atom is 0.250 e. The van der Waals surface area contributed by atoms with E-state index >= 15 is 0 Å². The van der Waals surface area contributed by atoms with Crippen molar-refractivity contribution in [1.82, 2.24) is 0 Å². The summed E-state index contributed by atoms with van der Waals surface area (Å²) in [5.74, 6) is 5.68. The zero-order chi connectivity index (χ0) is 14.8. The second-order valence-corrected chi connectivity index (χ2v) is 4.41. The molecular formula is C16H21NO3. The van der Waals surface area contributed by atoms with Crippen LogP contribution < -0.4 is 5.32 Å². The number of ether oxygens (including phenoxy) is 1. The summed E-state index contributed by atoms with van der Waals surface area (Å²) in [7, 11) is 0. The summed E-state index contributed by atoms with van der Waals surface area (Å²) < 4.78 is 5.19. The molecule has 0 aromatic heterocycles. The Morgan fingerprint density at radius 1 is 1.45 bits per heavy atom. The number of hydrogen-bond donors (Lipinski definition) is 2. The summed E-state index contributed by atoms with van der Waals surface area (Å²) in [6.45, 7) is 4.65. The van der Waals surface area contributed by atoms with Gasteiger partial charge in [-0.2, -0.15) is 0 Å². The Bertz CT molecular complexity index is 500. The van der Waals surface area contributed by atoms with Gasteiger partial charge in [-0.25, -0.2) is 0 Å². The van der Waals surface area contributed by atoms with Crippen LogP contribution in [0.25, 0.3) is 0 Å². The molecule has 0 aliphatic rings. The fourth-order valence-electron chi connectivity index (χ4n) is 1.60. The number of amides is 1. The van der Waals surface area contributed by atoms with Gasteiger partial charge >= 0.3 is 0 Å². The van der Waals surface area contributed by atoms with E-state index in [-0.39, 0.29) is 19.1 Å². The van der Waals surface area contributed by atoms with E-state index in [9.17, 15) is 4.79 Å². The van der Waals surface area contributed by atoms with Gasteiger partial charge < -0.3 is 15.2 Å². The highest BCUT2D eigenvalue weighted by molar-refractivity contribution is 5.92. The van der Waals surface area contributed by atoms with Gasteiger partial charge in [-0.3, -0.25) is 4.79 Å². The Kier molecular flexibility index (Phi) is 7.41. The molecule has 2 N–H and O–H groups in total. The molecule has 108 valence electrons. The number of aliphatic hydroxyl groups excluding tert-OH is 1. The summed E-state index contributed by atoms with van der Waals surface area (Å²) in [6.07, 6.45) is 1.36. The molecule has 0 saturated heterocycles. The number of hydrogen-bond acceptors (Lipinski definition) is 3. The van der Waals surface area contributed by atoms with Crippen LogP contribution in [0, 0.1) is 18.8 Å². The average molecular weight is 275 g/mol. The van der Waals surface area contributed by atoms with Gasteiger partial charge in [0.2, 0.25) is 5.91 Å². The molecule has 0 aliphatic carbocycles. The molecular weight excluding hydrogens is 254 g/mol. The summed E-state index contributed by atoms with van der Waals surface area (Å²) in [4.78, 5) is 11.6. The number of benzene rings is 1. The van der Waals surface area contributed by atoms with Crippen LogP contribution in [0.3, 0.4) is 0 Å². The third-order valence-corrected chi connectivity index (χ3v) is 2.55. The van der Waals surface area contributed by atoms with Crippen molar-refractivity contribution in [2.75, 3.05) is 25.1 Å². The minimum absolute atomic E-state index is 0.0673. The first-order valence-electron chi connectivity index (χ1n) is 6.75. The molecule has 0 aliphatic heterocycles. The van der Waals surface area contributed by atoms with Crippen LogP contribution in [0.15, 0.2) is 18.2 Å². The lowest BCUT2D eigenvalue weighted by molar-refractivity contribution is -0.120. The third kappa shape index (κ3) is 5.87. The van der Waals surface area contributed by atoms with Gasteiger partial charge in [0.1, 0.15) is 6.61 Å². The van der Waals surface area contributed by atoms with E-state index in [1.54, 1.807) is 0 Å². The van der Waals surface area contributed by atoms with E-state index in [1.807, 2.05) is 32.0 Å². The smallest absolute Gasteiger partial charge is 0.250 e. The van der Waals surface area contributed by atoms with E-state index in [2.05, 4.69) is 17.2 Å². The molecule has 4 heteroatoms. The number of aliphatic hydroxyl groups is 1. The SMILES string of the molecule is CCCOCC(=O)Nc1ccc(C#CCCO)cc1C. The highest BCUT2D eigenvalue weighted by Crippen LogP contribution is 2.16. The molecule has 0 fully saturated rings. The Hall–Kier alpha value is -1.83. The Morgan fingerprint density at radius 2 is 2.25 bits per heavy atom. The predicted molar refractivity (Wildman–Crippen MR) is 79.5 cm³/mol. The Morgan fingerprint density at radius 3 is 2.90 bits per heavy atom. The van der Waals surface area contributed by atoms with Gasteiger partial charge in [0.15, 0.2) is 0 Å². The number of rotatable bonds is 6. The summed E-state index contributed by atoms with van der Waals surface area (Å²) in [5.41, 5.74) is 2.59. The maximum atomic E-state index is 11.6. The molecule has 0 spiro atoms. The molecule has 1 aromatic rings. The lowest BCUT2D eigenvalue weighted by Gasteiger charge is -2.09. The van der Waals surface area contributed by atoms with Crippen molar-refractivity contribution < 1.29 is 14.6 Å². The lowest BCUT2D eigenvalue weighted by atomic mass is 10.1. The van der Waals surface area contributed by atoms with E-state index < -0.39 is 0 Å². The third-order valence-electron chi connectivity index (χ3n) is 2.55. The molecule has 1 amide bonds. The van der Waals surface area contributed by atoms with Crippen molar-refractivity contribution in [2.24, 2.45) is 0 Å². The number of aryl methyl sites for hydroxylation is 1. The van der Waals surface area contributed by atoms with E-state index in [1.165, 1.54) is 0 Å². The fourth-order valence-corrected chi connectivity index (χ4v) is 1.60. The van der Waals surface area contributed by atoms with Gasteiger partial charge in [0, 0.05) is 24.3 Å². The normalized spacial score (nSPS) is 9.75. The summed E-state index contributed by atoms with van der Waals surface area (Å²) in [5, 5.41) is 11.5. The first-order valence-corrected chi connectivity index (χ1v) is 6.75. The molecule has 0 heterocycles. The molecule has 0 radical (unpaired) electrons. The monoisotopic (exact) mass is 275 g/mol. The molecule has 1 rings (SSSR count). The summed E-state index contributed by atoms with van der Waals surface area (Å²) >= 11 is 0. The van der Waals surface area contributed by atoms with E-state index in [0.717, 1.165) is 23.2 Å². The van der Waals surface area contributed by atoms with Gasteiger partial charge in [-0.05, 0) is 37.1 Å². The van der Waals surface area contributed by atoms with Crippen LogP contribution in [-0.2, 0) is 9.53 Å². The molecule has 20 heavy (non-hydrogen) atoms. The zero-order valence-corrected chi connectivity index (χ0v) is 12.0. The first-order chi connectivity index (χ1) is 9.67. The largest absolute Gasteiger partial charge is 0.395 e. The molecule has 4 nitrogen and oxygen atoms in total. The van der Waals surface area contributed by atoms with E-state index in [4.69, 9.17) is 9.84 Å². The molecule has 1 aromatic carbocycles. The van der Waals surface area contributed by atoms with Crippen LogP contribution in [0.4, 0.5) is 5.69 Å². The average Bonchev–Trinajstić information content (AvgIpc) is 2.42. The van der Waals surface area contributed by atoms with Crippen molar-refractivity contribution in [3.63, 3.8) is 0 Å². The fraction of sp³-hybridized carbons (Fsp3) is 0.438. The number of carbonyl (C=O) groups excluding carboxylic acids is 1. The number of anilines is 1. The van der Waals surface area contributed by atoms with Gasteiger partial charge in [0.25, 0.3) is 0 Å². The van der Waals surface area contributed by atoms with Crippen molar-refractivity contribution >= 4 is 11.6 Å². The Labute approximate surface area is 120 Å². The topological polar surface area (TPSA) is 58.6 Å². The van der Waals surface area contributed by atoms with Crippen LogP contribution in [0.2, 0.25) is 0 Å². The minimum Gasteiger partial charge on any atom is -0.395 e. The lowest BCUT2D eigenvalue weighted by Crippen LogP contribution is -2.19. The van der Waals surface area contributed by atoms with Crippen molar-refractivity contribution in [1.29, 1.82) is 0 Å². The minimum atomic E-state index is -0.152. The second-order valence-electron chi connectivity index (χ2n) is 4.41. The van der Waals surface area contributed by atoms with Crippen molar-refractivity contribution in [2.45, 2.75) is 26.7 Å². The van der Waals surface area contributed by atoms with Gasteiger partial charge in [0.05, 0.1) is 6.61 Å². The van der Waals surface area contributed by atoms with Crippen molar-refractivity contribution in [3.05, 3.63) is 29.3 Å². The van der Waals surface area contributed by atoms with Gasteiger partial charge in [-0.15, -0.1) is 0 Å². The molecule has 0 saturated carbocycles. The zero-order valence-electron chi connectivity index (χ0n) is 12.0. The quantitative estimate of drug-likeness (QED) is 0.617. The summed E-state index contributed by atoms with van der Waals surface area (Å²) in [6, 6.07) is 5.59. The van der Waals surface area contributed by atoms with Crippen molar-refractivity contribution in [3.8, 4) is 11.8 Å².